The smallest absolute Gasteiger partial charge is 0.127 e. The molecule has 0 spiro atoms. The van der Waals surface area contributed by atoms with Crippen LogP contribution in [0.15, 0.2) is 48.5 Å². The molecule has 3 heteroatoms. The van der Waals surface area contributed by atoms with Gasteiger partial charge in [-0.1, -0.05) is 18.2 Å². The Morgan fingerprint density at radius 1 is 1.00 bits per heavy atom. The summed E-state index contributed by atoms with van der Waals surface area (Å²) in [6.07, 6.45) is 0. The Morgan fingerprint density at radius 2 is 1.75 bits per heavy atom. The number of ether oxygens (including phenoxy) is 1. The molecular formula is C13H12FNO. The van der Waals surface area contributed by atoms with Crippen LogP contribution in [0.2, 0.25) is 0 Å². The summed E-state index contributed by atoms with van der Waals surface area (Å²) in [4.78, 5) is 0. The van der Waals surface area contributed by atoms with E-state index in [2.05, 4.69) is 0 Å². The molecule has 0 saturated heterocycles. The van der Waals surface area contributed by atoms with E-state index >= 15 is 0 Å². The van der Waals surface area contributed by atoms with E-state index in [0.717, 1.165) is 5.75 Å². The molecule has 0 unspecified atom stereocenters. The minimum atomic E-state index is -0.303. The maximum absolute atomic E-state index is 13.2. The number of hydrogen-bond acceptors (Lipinski definition) is 2. The standard InChI is InChI=1S/C13H12FNO/c14-13-7-6-12(8-10(13)9-15)16-11-4-2-1-3-5-11/h1-8H,9,15H2. The normalized spacial score (nSPS) is 10.1. The Morgan fingerprint density at radius 3 is 2.44 bits per heavy atom. The minimum absolute atomic E-state index is 0.165. The van der Waals surface area contributed by atoms with E-state index < -0.39 is 0 Å². The van der Waals surface area contributed by atoms with Crippen molar-refractivity contribution in [2.45, 2.75) is 6.54 Å². The van der Waals surface area contributed by atoms with Crippen LogP contribution in [0.25, 0.3) is 0 Å². The van der Waals surface area contributed by atoms with Gasteiger partial charge >= 0.3 is 0 Å². The zero-order chi connectivity index (χ0) is 11.4. The van der Waals surface area contributed by atoms with Gasteiger partial charge in [0.1, 0.15) is 17.3 Å². The molecule has 2 aromatic carbocycles. The maximum Gasteiger partial charge on any atom is 0.127 e. The first kappa shape index (κ1) is 10.6. The third kappa shape index (κ3) is 2.38. The predicted molar refractivity (Wildman–Crippen MR) is 60.8 cm³/mol. The van der Waals surface area contributed by atoms with Crippen molar-refractivity contribution >= 4 is 0 Å². The average molecular weight is 217 g/mol. The highest BCUT2D eigenvalue weighted by Crippen LogP contribution is 2.23. The number of para-hydroxylation sites is 1. The molecule has 0 radical (unpaired) electrons. The SMILES string of the molecule is NCc1cc(Oc2ccccc2)ccc1F. The first-order chi connectivity index (χ1) is 7.79. The molecule has 0 saturated carbocycles. The molecule has 0 aromatic heterocycles. The van der Waals surface area contributed by atoms with Crippen LogP contribution < -0.4 is 10.5 Å². The Balaban J connectivity index is 2.22. The number of rotatable bonds is 3. The van der Waals surface area contributed by atoms with Crippen LogP contribution in [-0.4, -0.2) is 0 Å². The van der Waals surface area contributed by atoms with Gasteiger partial charge in [0.25, 0.3) is 0 Å². The second kappa shape index (κ2) is 4.77. The van der Waals surface area contributed by atoms with E-state index in [-0.39, 0.29) is 12.4 Å². The average Bonchev–Trinajstić information content (AvgIpc) is 2.33. The number of nitrogens with two attached hydrogens (primary N) is 1. The Hall–Kier alpha value is -1.87. The topological polar surface area (TPSA) is 35.2 Å². The van der Waals surface area contributed by atoms with Crippen molar-refractivity contribution < 1.29 is 9.13 Å². The summed E-state index contributed by atoms with van der Waals surface area (Å²) in [5.74, 6) is 1.01. The zero-order valence-corrected chi connectivity index (χ0v) is 8.69. The van der Waals surface area contributed by atoms with Crippen LogP contribution >= 0.6 is 0 Å². The molecule has 2 aromatic rings. The minimum Gasteiger partial charge on any atom is -0.457 e. The molecule has 0 fully saturated rings. The van der Waals surface area contributed by atoms with Crippen molar-refractivity contribution in [2.24, 2.45) is 5.73 Å². The third-order valence-corrected chi connectivity index (χ3v) is 2.22. The first-order valence-electron chi connectivity index (χ1n) is 5.01. The van der Waals surface area contributed by atoms with Crippen LogP contribution in [0.5, 0.6) is 11.5 Å². The second-order valence-electron chi connectivity index (χ2n) is 3.37. The Bertz CT molecular complexity index is 471. The van der Waals surface area contributed by atoms with Gasteiger partial charge in [0, 0.05) is 12.1 Å². The van der Waals surface area contributed by atoms with Crippen molar-refractivity contribution in [2.75, 3.05) is 0 Å². The molecular weight excluding hydrogens is 205 g/mol. The maximum atomic E-state index is 13.2. The summed E-state index contributed by atoms with van der Waals surface area (Å²) < 4.78 is 18.7. The summed E-state index contributed by atoms with van der Waals surface area (Å²) >= 11 is 0. The highest BCUT2D eigenvalue weighted by molar-refractivity contribution is 5.34. The lowest BCUT2D eigenvalue weighted by Gasteiger charge is -2.07. The summed E-state index contributed by atoms with van der Waals surface area (Å²) in [6, 6.07) is 13.9. The zero-order valence-electron chi connectivity index (χ0n) is 8.69. The number of hydrogen-bond donors (Lipinski definition) is 1. The van der Waals surface area contributed by atoms with Crippen LogP contribution in [0.1, 0.15) is 5.56 Å². The molecule has 2 nitrogen and oxygen atoms in total. The number of benzene rings is 2. The molecule has 82 valence electrons. The Kier molecular flexibility index (Phi) is 3.17. The molecule has 0 aliphatic carbocycles. The molecule has 0 aliphatic rings. The van der Waals surface area contributed by atoms with Gasteiger partial charge < -0.3 is 10.5 Å². The fourth-order valence-electron chi connectivity index (χ4n) is 1.40. The van der Waals surface area contributed by atoms with E-state index in [1.807, 2.05) is 30.3 Å². The molecule has 16 heavy (non-hydrogen) atoms. The van der Waals surface area contributed by atoms with Gasteiger partial charge in [-0.2, -0.15) is 0 Å². The van der Waals surface area contributed by atoms with Gasteiger partial charge in [0.05, 0.1) is 0 Å². The van der Waals surface area contributed by atoms with Gasteiger partial charge in [-0.25, -0.2) is 4.39 Å². The lowest BCUT2D eigenvalue weighted by atomic mass is 10.2. The molecule has 0 heterocycles. The first-order valence-corrected chi connectivity index (χ1v) is 5.01. The van der Waals surface area contributed by atoms with Crippen molar-refractivity contribution in [3.63, 3.8) is 0 Å². The van der Waals surface area contributed by atoms with Gasteiger partial charge in [0.15, 0.2) is 0 Å². The van der Waals surface area contributed by atoms with E-state index in [1.165, 1.54) is 6.07 Å². The van der Waals surface area contributed by atoms with Gasteiger partial charge in [0.2, 0.25) is 0 Å². The van der Waals surface area contributed by atoms with E-state index in [0.29, 0.717) is 11.3 Å². The van der Waals surface area contributed by atoms with Crippen molar-refractivity contribution in [3.8, 4) is 11.5 Å². The summed E-state index contributed by atoms with van der Waals surface area (Å²) in [6.45, 7) is 0.165. The Labute approximate surface area is 93.5 Å². The fraction of sp³-hybridized carbons (Fsp3) is 0.0769. The van der Waals surface area contributed by atoms with E-state index in [1.54, 1.807) is 12.1 Å². The van der Waals surface area contributed by atoms with Gasteiger partial charge in [-0.15, -0.1) is 0 Å². The van der Waals surface area contributed by atoms with Crippen molar-refractivity contribution in [3.05, 3.63) is 59.9 Å². The van der Waals surface area contributed by atoms with Crippen molar-refractivity contribution in [1.82, 2.24) is 0 Å². The van der Waals surface area contributed by atoms with Gasteiger partial charge in [-0.05, 0) is 30.3 Å². The highest BCUT2D eigenvalue weighted by Gasteiger charge is 2.03. The largest absolute Gasteiger partial charge is 0.457 e. The molecule has 2 N–H and O–H groups in total. The summed E-state index contributed by atoms with van der Waals surface area (Å²) in [5.41, 5.74) is 5.87. The monoisotopic (exact) mass is 217 g/mol. The number of halogens is 1. The molecule has 0 atom stereocenters. The van der Waals surface area contributed by atoms with Gasteiger partial charge in [-0.3, -0.25) is 0 Å². The summed E-state index contributed by atoms with van der Waals surface area (Å²) in [5, 5.41) is 0. The van der Waals surface area contributed by atoms with Crippen LogP contribution in [-0.2, 0) is 6.54 Å². The van der Waals surface area contributed by atoms with E-state index in [9.17, 15) is 4.39 Å². The quantitative estimate of drug-likeness (QED) is 0.857. The third-order valence-electron chi connectivity index (χ3n) is 2.22. The van der Waals surface area contributed by atoms with Crippen LogP contribution in [0, 0.1) is 5.82 Å². The lowest BCUT2D eigenvalue weighted by molar-refractivity contribution is 0.479. The molecule has 2 rings (SSSR count). The summed E-state index contributed by atoms with van der Waals surface area (Å²) in [7, 11) is 0. The predicted octanol–water partition coefficient (Wildman–Crippen LogP) is 3.08. The molecule has 0 amide bonds. The fourth-order valence-corrected chi connectivity index (χ4v) is 1.40. The van der Waals surface area contributed by atoms with E-state index in [4.69, 9.17) is 10.5 Å². The molecule has 0 bridgehead atoms. The lowest BCUT2D eigenvalue weighted by Crippen LogP contribution is -1.99. The van der Waals surface area contributed by atoms with Crippen molar-refractivity contribution in [1.29, 1.82) is 0 Å². The second-order valence-corrected chi connectivity index (χ2v) is 3.37. The highest BCUT2D eigenvalue weighted by atomic mass is 19.1. The van der Waals surface area contributed by atoms with Crippen LogP contribution in [0.3, 0.4) is 0 Å². The molecule has 0 aliphatic heterocycles. The van der Waals surface area contributed by atoms with Crippen LogP contribution in [0.4, 0.5) is 4.39 Å².